The fraction of sp³-hybridized carbons (Fsp3) is 0.234. The van der Waals surface area contributed by atoms with Crippen molar-refractivity contribution >= 4 is 37.1 Å². The molecule has 1 aromatic heterocycles. The molecule has 242 valence electrons. The molecule has 3 unspecified atom stereocenters. The van der Waals surface area contributed by atoms with E-state index in [0.717, 1.165) is 25.7 Å². The SMILES string of the molecule is CC1(c2ccccc2)C=CC(N(C2=CC3C4=C(C=CCC=C4)C(C)(C)C3C=C2)C2=CC(c3cccc4c3sc3ccccc34)=CCC2)=CC1. The summed E-state index contributed by atoms with van der Waals surface area (Å²) >= 11 is 1.92. The lowest BCUT2D eigenvalue weighted by Crippen LogP contribution is -2.30. The largest absolute Gasteiger partial charge is 0.315 e. The van der Waals surface area contributed by atoms with Crippen molar-refractivity contribution in [3.05, 3.63) is 185 Å². The molecular formula is C47H43NS. The fourth-order valence-corrected chi connectivity index (χ4v) is 10.2. The van der Waals surface area contributed by atoms with Gasteiger partial charge in [-0.3, -0.25) is 0 Å². The van der Waals surface area contributed by atoms with Gasteiger partial charge in [-0.1, -0.05) is 142 Å². The lowest BCUT2D eigenvalue weighted by Gasteiger charge is -2.38. The van der Waals surface area contributed by atoms with Gasteiger partial charge >= 0.3 is 0 Å². The first-order valence-corrected chi connectivity index (χ1v) is 18.8. The van der Waals surface area contributed by atoms with Gasteiger partial charge in [0.25, 0.3) is 0 Å². The summed E-state index contributed by atoms with van der Waals surface area (Å²) in [6, 6.07) is 26.7. The second-order valence-corrected chi connectivity index (χ2v) is 16.1. The Morgan fingerprint density at radius 2 is 1.59 bits per heavy atom. The van der Waals surface area contributed by atoms with Crippen LogP contribution in [0.25, 0.3) is 25.7 Å². The first-order chi connectivity index (χ1) is 23.9. The van der Waals surface area contributed by atoms with Gasteiger partial charge < -0.3 is 4.90 Å². The molecule has 1 heterocycles. The van der Waals surface area contributed by atoms with Gasteiger partial charge in [0.1, 0.15) is 0 Å². The second-order valence-electron chi connectivity index (χ2n) is 15.0. The topological polar surface area (TPSA) is 3.24 Å². The molecule has 5 aliphatic carbocycles. The van der Waals surface area contributed by atoms with Crippen molar-refractivity contribution in [3.8, 4) is 0 Å². The molecule has 5 aliphatic rings. The molecule has 0 saturated heterocycles. The monoisotopic (exact) mass is 653 g/mol. The number of benzene rings is 3. The zero-order valence-corrected chi connectivity index (χ0v) is 29.5. The van der Waals surface area contributed by atoms with Crippen molar-refractivity contribution in [1.82, 2.24) is 4.90 Å². The first kappa shape index (κ1) is 30.4. The molecule has 0 amide bonds. The van der Waals surface area contributed by atoms with Crippen LogP contribution in [0.4, 0.5) is 0 Å². The van der Waals surface area contributed by atoms with Crippen LogP contribution in [0.5, 0.6) is 0 Å². The van der Waals surface area contributed by atoms with E-state index in [0.29, 0.717) is 11.8 Å². The number of allylic oxidation sites excluding steroid dienone is 16. The number of hydrogen-bond donors (Lipinski definition) is 0. The highest BCUT2D eigenvalue weighted by Gasteiger charge is 2.46. The van der Waals surface area contributed by atoms with Crippen LogP contribution in [0, 0.1) is 17.3 Å². The quantitative estimate of drug-likeness (QED) is 0.207. The third kappa shape index (κ3) is 5.03. The normalized spacial score (nSPS) is 25.4. The Hall–Kier alpha value is -4.66. The minimum absolute atomic E-state index is 0.0200. The van der Waals surface area contributed by atoms with E-state index in [2.05, 4.69) is 171 Å². The Morgan fingerprint density at radius 1 is 0.776 bits per heavy atom. The van der Waals surface area contributed by atoms with Crippen LogP contribution in [-0.2, 0) is 5.41 Å². The van der Waals surface area contributed by atoms with E-state index in [9.17, 15) is 0 Å². The van der Waals surface area contributed by atoms with Gasteiger partial charge in [-0.15, -0.1) is 11.3 Å². The third-order valence-electron chi connectivity index (χ3n) is 11.7. The molecule has 0 bridgehead atoms. The number of rotatable bonds is 5. The van der Waals surface area contributed by atoms with Gasteiger partial charge in [0.05, 0.1) is 0 Å². The molecule has 4 aromatic rings. The summed E-state index contributed by atoms with van der Waals surface area (Å²) in [4.78, 5) is 2.59. The van der Waals surface area contributed by atoms with E-state index < -0.39 is 0 Å². The molecule has 2 heteroatoms. The summed E-state index contributed by atoms with van der Waals surface area (Å²) in [6.45, 7) is 7.24. The van der Waals surface area contributed by atoms with Crippen LogP contribution in [0.1, 0.15) is 57.6 Å². The molecule has 0 fully saturated rings. The second kappa shape index (κ2) is 11.7. The van der Waals surface area contributed by atoms with Gasteiger partial charge in [0, 0.05) is 48.6 Å². The summed E-state index contributed by atoms with van der Waals surface area (Å²) in [5.41, 5.74) is 11.0. The maximum absolute atomic E-state index is 2.59. The van der Waals surface area contributed by atoms with E-state index in [1.54, 1.807) is 0 Å². The van der Waals surface area contributed by atoms with Crippen LogP contribution in [0.15, 0.2) is 174 Å². The van der Waals surface area contributed by atoms with E-state index in [1.807, 2.05) is 11.3 Å². The minimum Gasteiger partial charge on any atom is -0.315 e. The number of nitrogens with zero attached hydrogens (tertiary/aromatic N) is 1. The highest BCUT2D eigenvalue weighted by Crippen LogP contribution is 2.55. The molecule has 0 spiro atoms. The van der Waals surface area contributed by atoms with Gasteiger partial charge in [0.15, 0.2) is 0 Å². The van der Waals surface area contributed by atoms with Gasteiger partial charge in [-0.25, -0.2) is 0 Å². The molecular weight excluding hydrogens is 611 g/mol. The molecule has 1 nitrogen and oxygen atoms in total. The van der Waals surface area contributed by atoms with E-state index in [4.69, 9.17) is 0 Å². The summed E-state index contributed by atoms with van der Waals surface area (Å²) in [5.74, 6) is 0.815. The molecule has 0 saturated carbocycles. The van der Waals surface area contributed by atoms with Crippen molar-refractivity contribution in [2.24, 2.45) is 17.3 Å². The fourth-order valence-electron chi connectivity index (χ4n) is 8.92. The van der Waals surface area contributed by atoms with Crippen molar-refractivity contribution < 1.29 is 0 Å². The first-order valence-electron chi connectivity index (χ1n) is 17.9. The van der Waals surface area contributed by atoms with Crippen LogP contribution >= 0.6 is 11.3 Å². The zero-order chi connectivity index (χ0) is 33.2. The average Bonchev–Trinajstić information content (AvgIpc) is 3.46. The third-order valence-corrected chi connectivity index (χ3v) is 12.9. The van der Waals surface area contributed by atoms with Crippen LogP contribution in [-0.4, -0.2) is 4.90 Å². The Kier molecular flexibility index (Phi) is 7.29. The van der Waals surface area contributed by atoms with Gasteiger partial charge in [-0.05, 0) is 89.2 Å². The summed E-state index contributed by atoms with van der Waals surface area (Å²) in [6.07, 6.45) is 33.3. The summed E-state index contributed by atoms with van der Waals surface area (Å²) in [5, 5.41) is 2.71. The van der Waals surface area contributed by atoms with Crippen molar-refractivity contribution in [3.63, 3.8) is 0 Å². The highest BCUT2D eigenvalue weighted by molar-refractivity contribution is 7.26. The van der Waals surface area contributed by atoms with E-state index in [-0.39, 0.29) is 10.8 Å². The Bertz CT molecular complexity index is 2270. The van der Waals surface area contributed by atoms with Crippen LogP contribution < -0.4 is 0 Å². The van der Waals surface area contributed by atoms with Crippen molar-refractivity contribution in [1.29, 1.82) is 0 Å². The molecule has 9 rings (SSSR count). The molecule has 0 N–H and O–H groups in total. The Morgan fingerprint density at radius 3 is 2.45 bits per heavy atom. The number of fused-ring (bicyclic) bond motifs is 5. The Labute approximate surface area is 295 Å². The van der Waals surface area contributed by atoms with Gasteiger partial charge in [0.2, 0.25) is 0 Å². The zero-order valence-electron chi connectivity index (χ0n) is 28.7. The highest BCUT2D eigenvalue weighted by atomic mass is 32.1. The minimum atomic E-state index is -0.0200. The molecule has 49 heavy (non-hydrogen) atoms. The van der Waals surface area contributed by atoms with Crippen LogP contribution in [0.3, 0.4) is 0 Å². The number of hydrogen-bond acceptors (Lipinski definition) is 2. The predicted molar refractivity (Wildman–Crippen MR) is 210 cm³/mol. The maximum Gasteiger partial charge on any atom is 0.0433 e. The molecule has 0 radical (unpaired) electrons. The molecule has 3 aromatic carbocycles. The Balaban J connectivity index is 1.15. The maximum atomic E-state index is 2.59. The summed E-state index contributed by atoms with van der Waals surface area (Å²) in [7, 11) is 0. The van der Waals surface area contributed by atoms with Crippen molar-refractivity contribution in [2.75, 3.05) is 0 Å². The lowest BCUT2D eigenvalue weighted by molar-refractivity contribution is 0.316. The summed E-state index contributed by atoms with van der Waals surface area (Å²) < 4.78 is 2.74. The van der Waals surface area contributed by atoms with Gasteiger partial charge in [-0.2, -0.15) is 0 Å². The van der Waals surface area contributed by atoms with E-state index >= 15 is 0 Å². The van der Waals surface area contributed by atoms with Crippen LogP contribution in [0.2, 0.25) is 0 Å². The van der Waals surface area contributed by atoms with E-state index in [1.165, 1.54) is 65.1 Å². The average molecular weight is 654 g/mol. The predicted octanol–water partition coefficient (Wildman–Crippen LogP) is 12.8. The molecule has 3 atom stereocenters. The standard InChI is InChI=1S/C47H43NS/c1-46(2)42-22-9-5-8-18-38(42)41-31-36(24-25-43(41)46)48(34-26-28-47(3,29-27-34)33-15-6-4-7-16-33)35-17-12-14-32(30-35)37-20-13-21-40-39-19-10-11-23-44(39)49-45(37)40/h4,6-11,13-16,18-28,30-31,41,43H,5,12,17,29H2,1-3H3. The van der Waals surface area contributed by atoms with Crippen molar-refractivity contribution in [2.45, 2.75) is 51.9 Å². The number of thiophene rings is 1. The molecule has 0 aliphatic heterocycles. The lowest BCUT2D eigenvalue weighted by atomic mass is 9.72. The smallest absolute Gasteiger partial charge is 0.0433 e.